The first-order chi connectivity index (χ1) is 7.79. The summed E-state index contributed by atoms with van der Waals surface area (Å²) in [5, 5.41) is 18.2. The van der Waals surface area contributed by atoms with Gasteiger partial charge in [-0.2, -0.15) is 5.26 Å². The van der Waals surface area contributed by atoms with Crippen LogP contribution in [-0.4, -0.2) is 10.1 Å². The van der Waals surface area contributed by atoms with Crippen molar-refractivity contribution in [2.45, 2.75) is 6.10 Å². The highest BCUT2D eigenvalue weighted by Crippen LogP contribution is 2.29. The predicted molar refractivity (Wildman–Crippen MR) is 59.2 cm³/mol. The number of rotatable bonds is 3. The lowest BCUT2D eigenvalue weighted by atomic mass is 10.3. The molecule has 1 atom stereocenters. The molecular weight excluding hydrogens is 224 g/mol. The number of hydrogen-bond acceptors (Lipinski definition) is 5. The molecule has 0 bridgehead atoms. The Kier molecular flexibility index (Phi) is 3.15. The first-order valence-electron chi connectivity index (χ1n) is 4.56. The SMILES string of the molecule is N#C[C@@H](O)c1cnc(Oc2ccccc2)s1. The van der Waals surface area contributed by atoms with Crippen LogP contribution in [0.5, 0.6) is 10.9 Å². The summed E-state index contributed by atoms with van der Waals surface area (Å²) in [7, 11) is 0. The van der Waals surface area contributed by atoms with Gasteiger partial charge < -0.3 is 9.84 Å². The van der Waals surface area contributed by atoms with Crippen molar-refractivity contribution in [3.05, 3.63) is 41.4 Å². The number of aliphatic hydroxyl groups is 1. The molecule has 1 N–H and O–H groups in total. The van der Waals surface area contributed by atoms with E-state index in [4.69, 9.17) is 10.00 Å². The summed E-state index contributed by atoms with van der Waals surface area (Å²) in [6, 6.07) is 10.9. The largest absolute Gasteiger partial charge is 0.431 e. The topological polar surface area (TPSA) is 66.1 Å². The molecule has 2 rings (SSSR count). The third-order valence-corrected chi connectivity index (χ3v) is 2.77. The number of ether oxygens (including phenoxy) is 1. The monoisotopic (exact) mass is 232 g/mol. The Hall–Kier alpha value is -1.90. The summed E-state index contributed by atoms with van der Waals surface area (Å²) in [5.41, 5.74) is 0. The molecule has 1 aromatic heterocycles. The molecule has 0 radical (unpaired) electrons. The number of hydrogen-bond donors (Lipinski definition) is 1. The molecule has 0 unspecified atom stereocenters. The Bertz CT molecular complexity index is 504. The van der Waals surface area contributed by atoms with Gasteiger partial charge in [-0.05, 0) is 12.1 Å². The number of para-hydroxylation sites is 1. The number of nitriles is 1. The molecule has 4 nitrogen and oxygen atoms in total. The van der Waals surface area contributed by atoms with Crippen LogP contribution in [0.4, 0.5) is 0 Å². The second kappa shape index (κ2) is 4.75. The fourth-order valence-electron chi connectivity index (χ4n) is 1.10. The lowest BCUT2D eigenvalue weighted by molar-refractivity contribution is 0.239. The standard InChI is InChI=1S/C11H8N2O2S/c12-6-9(14)10-7-13-11(16-10)15-8-4-2-1-3-5-8/h1-5,7,9,14H/t9-/m1/s1. The molecule has 0 aliphatic carbocycles. The summed E-state index contributed by atoms with van der Waals surface area (Å²) >= 11 is 1.15. The van der Waals surface area contributed by atoms with Crippen molar-refractivity contribution in [3.63, 3.8) is 0 Å². The molecule has 1 aromatic carbocycles. The zero-order chi connectivity index (χ0) is 11.4. The number of thiazole rings is 1. The summed E-state index contributed by atoms with van der Waals surface area (Å²) in [4.78, 5) is 4.45. The van der Waals surface area contributed by atoms with Crippen LogP contribution in [0.3, 0.4) is 0 Å². The third kappa shape index (κ3) is 2.37. The maximum absolute atomic E-state index is 9.26. The molecule has 0 aliphatic rings. The number of nitrogens with zero attached hydrogens (tertiary/aromatic N) is 2. The van der Waals surface area contributed by atoms with Crippen molar-refractivity contribution < 1.29 is 9.84 Å². The van der Waals surface area contributed by atoms with E-state index >= 15 is 0 Å². The van der Waals surface area contributed by atoms with Crippen LogP contribution in [0.2, 0.25) is 0 Å². The van der Waals surface area contributed by atoms with Crippen LogP contribution in [0, 0.1) is 11.3 Å². The van der Waals surface area contributed by atoms with E-state index in [0.717, 1.165) is 11.3 Å². The highest BCUT2D eigenvalue weighted by atomic mass is 32.1. The lowest BCUT2D eigenvalue weighted by Gasteiger charge is -1.99. The van der Waals surface area contributed by atoms with Gasteiger partial charge in [-0.15, -0.1) is 0 Å². The van der Waals surface area contributed by atoms with Crippen LogP contribution >= 0.6 is 11.3 Å². The van der Waals surface area contributed by atoms with Crippen molar-refractivity contribution in [2.24, 2.45) is 0 Å². The van der Waals surface area contributed by atoms with Crippen molar-refractivity contribution in [3.8, 4) is 17.0 Å². The Morgan fingerprint density at radius 2 is 2.12 bits per heavy atom. The zero-order valence-electron chi connectivity index (χ0n) is 8.20. The lowest BCUT2D eigenvalue weighted by Crippen LogP contribution is -1.87. The van der Waals surface area contributed by atoms with Crippen LogP contribution in [0.1, 0.15) is 11.0 Å². The van der Waals surface area contributed by atoms with Crippen molar-refractivity contribution in [2.75, 3.05) is 0 Å². The molecule has 80 valence electrons. The number of benzene rings is 1. The molecule has 1 heterocycles. The summed E-state index contributed by atoms with van der Waals surface area (Å²) in [5.74, 6) is 0.676. The molecule has 0 saturated carbocycles. The Morgan fingerprint density at radius 1 is 1.38 bits per heavy atom. The average Bonchev–Trinajstić information content (AvgIpc) is 2.78. The van der Waals surface area contributed by atoms with Gasteiger partial charge in [-0.1, -0.05) is 29.5 Å². The molecule has 5 heteroatoms. The van der Waals surface area contributed by atoms with Crippen LogP contribution < -0.4 is 4.74 Å². The van der Waals surface area contributed by atoms with E-state index in [1.807, 2.05) is 30.3 Å². The van der Waals surface area contributed by atoms with Gasteiger partial charge in [0.25, 0.3) is 5.19 Å². The van der Waals surface area contributed by atoms with E-state index in [9.17, 15) is 5.11 Å². The van der Waals surface area contributed by atoms with Gasteiger partial charge in [0.2, 0.25) is 0 Å². The average molecular weight is 232 g/mol. The first-order valence-corrected chi connectivity index (χ1v) is 5.37. The van der Waals surface area contributed by atoms with Gasteiger partial charge in [0.15, 0.2) is 6.10 Å². The van der Waals surface area contributed by atoms with E-state index in [2.05, 4.69) is 4.98 Å². The molecule has 0 aliphatic heterocycles. The maximum atomic E-state index is 9.26. The fourth-order valence-corrected chi connectivity index (χ4v) is 1.81. The van der Waals surface area contributed by atoms with E-state index in [-0.39, 0.29) is 0 Å². The summed E-state index contributed by atoms with van der Waals surface area (Å²) in [6.07, 6.45) is 0.308. The zero-order valence-corrected chi connectivity index (χ0v) is 9.02. The summed E-state index contributed by atoms with van der Waals surface area (Å²) in [6.45, 7) is 0. The van der Waals surface area contributed by atoms with Crippen LogP contribution in [-0.2, 0) is 0 Å². The van der Waals surface area contributed by atoms with E-state index in [0.29, 0.717) is 15.8 Å². The van der Waals surface area contributed by atoms with Gasteiger partial charge in [-0.3, -0.25) is 0 Å². The molecule has 0 amide bonds. The number of aromatic nitrogens is 1. The highest BCUT2D eigenvalue weighted by molar-refractivity contribution is 7.13. The minimum absolute atomic E-state index is 0.413. The second-order valence-corrected chi connectivity index (χ2v) is 4.00. The van der Waals surface area contributed by atoms with E-state index in [1.165, 1.54) is 6.20 Å². The van der Waals surface area contributed by atoms with Gasteiger partial charge in [-0.25, -0.2) is 4.98 Å². The van der Waals surface area contributed by atoms with Crippen molar-refractivity contribution in [1.82, 2.24) is 4.98 Å². The van der Waals surface area contributed by atoms with Gasteiger partial charge in [0.1, 0.15) is 5.75 Å². The maximum Gasteiger partial charge on any atom is 0.279 e. The molecule has 0 spiro atoms. The predicted octanol–water partition coefficient (Wildman–Crippen LogP) is 2.49. The second-order valence-electron chi connectivity index (χ2n) is 2.98. The van der Waals surface area contributed by atoms with Crippen molar-refractivity contribution in [1.29, 1.82) is 5.26 Å². The molecule has 16 heavy (non-hydrogen) atoms. The van der Waals surface area contributed by atoms with Crippen LogP contribution in [0.25, 0.3) is 0 Å². The van der Waals surface area contributed by atoms with Gasteiger partial charge in [0.05, 0.1) is 10.9 Å². The minimum atomic E-state index is -1.13. The normalized spacial score (nSPS) is 11.8. The van der Waals surface area contributed by atoms with Gasteiger partial charge in [0, 0.05) is 6.20 Å². The molecule has 2 aromatic rings. The Morgan fingerprint density at radius 3 is 2.81 bits per heavy atom. The van der Waals surface area contributed by atoms with E-state index < -0.39 is 6.10 Å². The van der Waals surface area contributed by atoms with E-state index in [1.54, 1.807) is 6.07 Å². The fraction of sp³-hybridized carbons (Fsp3) is 0.0909. The third-order valence-electron chi connectivity index (χ3n) is 1.84. The molecular formula is C11H8N2O2S. The quantitative estimate of drug-likeness (QED) is 0.825. The summed E-state index contributed by atoms with van der Waals surface area (Å²) < 4.78 is 5.44. The number of aliphatic hydroxyl groups excluding tert-OH is 1. The van der Waals surface area contributed by atoms with Gasteiger partial charge >= 0.3 is 0 Å². The van der Waals surface area contributed by atoms with Crippen LogP contribution in [0.15, 0.2) is 36.5 Å². The first kappa shape index (κ1) is 10.6. The smallest absolute Gasteiger partial charge is 0.279 e. The Balaban J connectivity index is 2.12. The minimum Gasteiger partial charge on any atom is -0.431 e. The molecule has 0 saturated heterocycles. The highest BCUT2D eigenvalue weighted by Gasteiger charge is 2.11. The Labute approximate surface area is 96.4 Å². The van der Waals surface area contributed by atoms with Crippen molar-refractivity contribution >= 4 is 11.3 Å². The molecule has 0 fully saturated rings.